The molecule has 1 aromatic heterocycles. The first-order valence-corrected chi connectivity index (χ1v) is 7.44. The summed E-state index contributed by atoms with van der Waals surface area (Å²) in [4.78, 5) is 24.7. The van der Waals surface area contributed by atoms with E-state index in [2.05, 4.69) is 20.2 Å². The van der Waals surface area contributed by atoms with Gasteiger partial charge in [-0.1, -0.05) is 0 Å². The number of amides is 1. The lowest BCUT2D eigenvalue weighted by atomic mass is 10.2. The van der Waals surface area contributed by atoms with Crippen molar-refractivity contribution in [1.29, 1.82) is 0 Å². The number of hydrogen-bond donors (Lipinski definition) is 1. The molecule has 114 valence electrons. The summed E-state index contributed by atoms with van der Waals surface area (Å²) in [6, 6.07) is 0. The number of carbonyl (C=O) groups is 1. The van der Waals surface area contributed by atoms with E-state index in [4.69, 9.17) is 4.74 Å². The lowest BCUT2D eigenvalue weighted by Gasteiger charge is -2.36. The van der Waals surface area contributed by atoms with Gasteiger partial charge in [-0.2, -0.15) is 0 Å². The molecule has 1 atom stereocenters. The summed E-state index contributed by atoms with van der Waals surface area (Å²) in [5.41, 5.74) is 0. The highest BCUT2D eigenvalue weighted by Gasteiger charge is 2.25. The van der Waals surface area contributed by atoms with E-state index in [-0.39, 0.29) is 12.0 Å². The third-order valence-electron chi connectivity index (χ3n) is 3.91. The Morgan fingerprint density at radius 2 is 2.19 bits per heavy atom. The summed E-state index contributed by atoms with van der Waals surface area (Å²) in [5.74, 6) is 1.06. The monoisotopic (exact) mass is 291 g/mol. The van der Waals surface area contributed by atoms with Gasteiger partial charge >= 0.3 is 0 Å². The molecular weight excluding hydrogens is 270 g/mol. The van der Waals surface area contributed by atoms with Crippen LogP contribution >= 0.6 is 0 Å². The van der Waals surface area contributed by atoms with Crippen molar-refractivity contribution in [3.8, 4) is 0 Å². The van der Waals surface area contributed by atoms with Gasteiger partial charge in [0.05, 0.1) is 25.3 Å². The SMILES string of the molecule is O=C(CC1CNCCO1)N1CCN(c2cnccn2)CC1. The van der Waals surface area contributed by atoms with Crippen LogP contribution in [0.25, 0.3) is 0 Å². The average Bonchev–Trinajstić information content (AvgIpc) is 2.57. The maximum absolute atomic E-state index is 12.3. The minimum absolute atomic E-state index is 0.0178. The minimum atomic E-state index is 0.0178. The second-order valence-corrected chi connectivity index (χ2v) is 5.33. The first-order chi connectivity index (χ1) is 10.3. The molecule has 3 heterocycles. The predicted octanol–water partition coefficient (Wildman–Crippen LogP) is -0.496. The fraction of sp³-hybridized carbons (Fsp3) is 0.643. The van der Waals surface area contributed by atoms with Gasteiger partial charge in [0.1, 0.15) is 5.82 Å². The van der Waals surface area contributed by atoms with Crippen molar-refractivity contribution in [3.05, 3.63) is 18.6 Å². The van der Waals surface area contributed by atoms with Crippen LogP contribution in [0.15, 0.2) is 18.6 Å². The summed E-state index contributed by atoms with van der Waals surface area (Å²) in [5, 5.41) is 3.25. The summed E-state index contributed by atoms with van der Waals surface area (Å²) < 4.78 is 5.59. The van der Waals surface area contributed by atoms with Crippen molar-refractivity contribution >= 4 is 11.7 Å². The summed E-state index contributed by atoms with van der Waals surface area (Å²) in [7, 11) is 0. The Morgan fingerprint density at radius 1 is 1.33 bits per heavy atom. The lowest BCUT2D eigenvalue weighted by Crippen LogP contribution is -2.50. The number of rotatable bonds is 3. The van der Waals surface area contributed by atoms with Crippen LogP contribution in [0.2, 0.25) is 0 Å². The van der Waals surface area contributed by atoms with Gasteiger partial charge in [-0.25, -0.2) is 4.98 Å². The Morgan fingerprint density at radius 3 is 2.86 bits per heavy atom. The molecule has 2 fully saturated rings. The highest BCUT2D eigenvalue weighted by Crippen LogP contribution is 2.13. The van der Waals surface area contributed by atoms with Crippen LogP contribution < -0.4 is 10.2 Å². The van der Waals surface area contributed by atoms with E-state index in [1.54, 1.807) is 18.6 Å². The van der Waals surface area contributed by atoms with E-state index in [1.165, 1.54) is 0 Å². The van der Waals surface area contributed by atoms with E-state index >= 15 is 0 Å². The van der Waals surface area contributed by atoms with Gasteiger partial charge < -0.3 is 19.9 Å². The molecule has 1 aromatic rings. The van der Waals surface area contributed by atoms with Crippen molar-refractivity contribution < 1.29 is 9.53 Å². The van der Waals surface area contributed by atoms with Gasteiger partial charge in [0.2, 0.25) is 5.91 Å². The molecule has 1 unspecified atom stereocenters. The quantitative estimate of drug-likeness (QED) is 0.810. The van der Waals surface area contributed by atoms with Crippen LogP contribution in [0.4, 0.5) is 5.82 Å². The molecule has 1 N–H and O–H groups in total. The Balaban J connectivity index is 1.47. The van der Waals surface area contributed by atoms with Crippen LogP contribution in [0.3, 0.4) is 0 Å². The second kappa shape index (κ2) is 6.82. The van der Waals surface area contributed by atoms with Gasteiger partial charge in [0.15, 0.2) is 0 Å². The number of nitrogens with zero attached hydrogens (tertiary/aromatic N) is 4. The zero-order chi connectivity index (χ0) is 14.5. The maximum Gasteiger partial charge on any atom is 0.225 e. The average molecular weight is 291 g/mol. The minimum Gasteiger partial charge on any atom is -0.375 e. The number of hydrogen-bond acceptors (Lipinski definition) is 6. The third-order valence-corrected chi connectivity index (χ3v) is 3.91. The molecule has 21 heavy (non-hydrogen) atoms. The fourth-order valence-electron chi connectivity index (χ4n) is 2.71. The maximum atomic E-state index is 12.3. The van der Waals surface area contributed by atoms with Crippen LogP contribution in [0, 0.1) is 0 Å². The van der Waals surface area contributed by atoms with E-state index in [9.17, 15) is 4.79 Å². The molecule has 3 rings (SSSR count). The highest BCUT2D eigenvalue weighted by atomic mass is 16.5. The van der Waals surface area contributed by atoms with Crippen LogP contribution in [-0.4, -0.2) is 72.8 Å². The topological polar surface area (TPSA) is 70.6 Å². The Kier molecular flexibility index (Phi) is 4.62. The molecule has 2 aliphatic rings. The van der Waals surface area contributed by atoms with Crippen molar-refractivity contribution in [2.75, 3.05) is 50.8 Å². The van der Waals surface area contributed by atoms with E-state index < -0.39 is 0 Å². The van der Waals surface area contributed by atoms with Crippen molar-refractivity contribution in [2.24, 2.45) is 0 Å². The standard InChI is InChI=1S/C14H21N5O2/c20-14(9-12-10-16-3-8-21-12)19-6-4-18(5-7-19)13-11-15-1-2-17-13/h1-2,11-12,16H,3-10H2. The lowest BCUT2D eigenvalue weighted by molar-refractivity contribution is -0.135. The molecule has 0 saturated carbocycles. The molecule has 7 nitrogen and oxygen atoms in total. The van der Waals surface area contributed by atoms with E-state index in [0.717, 1.165) is 45.1 Å². The first kappa shape index (κ1) is 14.2. The first-order valence-electron chi connectivity index (χ1n) is 7.44. The zero-order valence-corrected chi connectivity index (χ0v) is 12.1. The van der Waals surface area contributed by atoms with Gasteiger partial charge in [-0.15, -0.1) is 0 Å². The summed E-state index contributed by atoms with van der Waals surface area (Å²) >= 11 is 0. The number of morpholine rings is 1. The molecule has 0 aliphatic carbocycles. The smallest absolute Gasteiger partial charge is 0.225 e. The van der Waals surface area contributed by atoms with Crippen LogP contribution in [-0.2, 0) is 9.53 Å². The molecule has 2 saturated heterocycles. The number of ether oxygens (including phenoxy) is 1. The molecule has 1 amide bonds. The number of carbonyl (C=O) groups excluding carboxylic acids is 1. The predicted molar refractivity (Wildman–Crippen MR) is 78.1 cm³/mol. The molecule has 7 heteroatoms. The van der Waals surface area contributed by atoms with E-state index in [1.807, 2.05) is 4.90 Å². The van der Waals surface area contributed by atoms with Crippen molar-refractivity contribution in [1.82, 2.24) is 20.2 Å². The van der Waals surface area contributed by atoms with Crippen LogP contribution in [0.1, 0.15) is 6.42 Å². The van der Waals surface area contributed by atoms with Gasteiger partial charge in [-0.05, 0) is 0 Å². The highest BCUT2D eigenvalue weighted by molar-refractivity contribution is 5.77. The number of anilines is 1. The van der Waals surface area contributed by atoms with Gasteiger partial charge in [0, 0.05) is 51.7 Å². The molecule has 0 radical (unpaired) electrons. The Bertz CT molecular complexity index is 456. The number of nitrogens with one attached hydrogen (secondary N) is 1. The van der Waals surface area contributed by atoms with Gasteiger partial charge in [0.25, 0.3) is 0 Å². The Hall–Kier alpha value is -1.73. The largest absolute Gasteiger partial charge is 0.375 e. The van der Waals surface area contributed by atoms with E-state index in [0.29, 0.717) is 13.0 Å². The molecule has 2 aliphatic heterocycles. The number of aromatic nitrogens is 2. The molecular formula is C14H21N5O2. The van der Waals surface area contributed by atoms with Crippen LogP contribution in [0.5, 0.6) is 0 Å². The number of piperazine rings is 1. The normalized spacial score (nSPS) is 23.1. The molecule has 0 spiro atoms. The third kappa shape index (κ3) is 3.68. The van der Waals surface area contributed by atoms with Gasteiger partial charge in [-0.3, -0.25) is 9.78 Å². The summed E-state index contributed by atoms with van der Waals surface area (Å²) in [6.45, 7) is 5.40. The Labute approximate surface area is 124 Å². The molecule has 0 bridgehead atoms. The summed E-state index contributed by atoms with van der Waals surface area (Å²) in [6.07, 6.45) is 5.61. The van der Waals surface area contributed by atoms with Crippen molar-refractivity contribution in [3.63, 3.8) is 0 Å². The zero-order valence-electron chi connectivity index (χ0n) is 12.1. The molecule has 0 aromatic carbocycles. The second-order valence-electron chi connectivity index (χ2n) is 5.33. The fourth-order valence-corrected chi connectivity index (χ4v) is 2.71. The van der Waals surface area contributed by atoms with Crippen molar-refractivity contribution in [2.45, 2.75) is 12.5 Å².